The highest BCUT2D eigenvalue weighted by molar-refractivity contribution is 7.89. The molecule has 0 bridgehead atoms. The monoisotopic (exact) mass is 462 g/mol. The molecule has 9 nitrogen and oxygen atoms in total. The van der Waals surface area contributed by atoms with Crippen LogP contribution in [0.1, 0.15) is 49.4 Å². The number of hydrogen-bond acceptors (Lipinski definition) is 6. The van der Waals surface area contributed by atoms with Crippen LogP contribution in [0.4, 0.5) is 4.79 Å². The fourth-order valence-electron chi connectivity index (χ4n) is 4.98. The molecule has 3 amide bonds. The van der Waals surface area contributed by atoms with E-state index in [-0.39, 0.29) is 42.4 Å². The zero-order valence-corrected chi connectivity index (χ0v) is 19.4. The molecule has 0 aromatic heterocycles. The molecule has 10 heteroatoms. The van der Waals surface area contributed by atoms with Crippen LogP contribution in [-0.4, -0.2) is 90.6 Å². The molecule has 2 heterocycles. The lowest BCUT2D eigenvalue weighted by atomic mass is 9.81. The third kappa shape index (κ3) is 3.84. The number of urea groups is 1. The van der Waals surface area contributed by atoms with Crippen molar-refractivity contribution < 1.29 is 22.8 Å². The van der Waals surface area contributed by atoms with Crippen LogP contribution in [0.2, 0.25) is 0 Å². The Labute approximate surface area is 189 Å². The summed E-state index contributed by atoms with van der Waals surface area (Å²) in [6, 6.07) is 5.69. The number of nitrogens with zero attached hydrogens (tertiary/aromatic N) is 4. The topological polar surface area (TPSA) is 98.3 Å². The molecule has 32 heavy (non-hydrogen) atoms. The Morgan fingerprint density at radius 2 is 1.56 bits per heavy atom. The number of rotatable bonds is 5. The van der Waals surface area contributed by atoms with Gasteiger partial charge in [-0.2, -0.15) is 4.31 Å². The normalized spacial score (nSPS) is 22.7. The van der Waals surface area contributed by atoms with Crippen LogP contribution in [-0.2, 0) is 14.8 Å². The van der Waals surface area contributed by atoms with Gasteiger partial charge in [0.1, 0.15) is 5.54 Å². The summed E-state index contributed by atoms with van der Waals surface area (Å²) < 4.78 is 27.3. The minimum absolute atomic E-state index is 0.116. The van der Waals surface area contributed by atoms with Gasteiger partial charge < -0.3 is 4.90 Å². The van der Waals surface area contributed by atoms with Crippen LogP contribution in [0.25, 0.3) is 0 Å². The van der Waals surface area contributed by atoms with Gasteiger partial charge in [-0.1, -0.05) is 31.4 Å². The molecule has 0 N–H and O–H groups in total. The van der Waals surface area contributed by atoms with Gasteiger partial charge in [0, 0.05) is 38.8 Å². The summed E-state index contributed by atoms with van der Waals surface area (Å²) in [7, 11) is -1.95. The van der Waals surface area contributed by atoms with Crippen molar-refractivity contribution in [1.82, 2.24) is 19.0 Å². The number of piperazine rings is 1. The summed E-state index contributed by atoms with van der Waals surface area (Å²) in [5.74, 6) is -0.237. The molecule has 4 rings (SSSR count). The first-order chi connectivity index (χ1) is 15.2. The molecule has 0 unspecified atom stereocenters. The molecule has 0 radical (unpaired) electrons. The summed E-state index contributed by atoms with van der Waals surface area (Å²) in [4.78, 5) is 42.5. The number of hydrogen-bond donors (Lipinski definition) is 0. The Hall–Kier alpha value is -2.30. The van der Waals surface area contributed by atoms with Crippen LogP contribution < -0.4 is 0 Å². The van der Waals surface area contributed by atoms with Crippen LogP contribution in [0.15, 0.2) is 29.2 Å². The fourth-order valence-corrected chi connectivity index (χ4v) is 6.40. The molecular weight excluding hydrogens is 432 g/mol. The van der Waals surface area contributed by atoms with E-state index in [1.54, 1.807) is 11.9 Å². The lowest BCUT2D eigenvalue weighted by Gasteiger charge is -2.36. The number of imide groups is 1. The van der Waals surface area contributed by atoms with Crippen molar-refractivity contribution in [2.45, 2.75) is 49.5 Å². The SMILES string of the molecule is CC(=O)c1ccc(S(=O)(=O)N2CCN(CN3C(=O)N(C)C4(CCCCC4)C3=O)CC2)cc1. The fraction of sp³-hybridized carbons (Fsp3) is 0.591. The van der Waals surface area contributed by atoms with E-state index in [0.717, 1.165) is 19.3 Å². The number of benzene rings is 1. The second-order valence-corrected chi connectivity index (χ2v) is 10.8. The predicted molar refractivity (Wildman–Crippen MR) is 117 cm³/mol. The van der Waals surface area contributed by atoms with Gasteiger partial charge in [0.2, 0.25) is 10.0 Å². The number of carbonyl (C=O) groups excluding carboxylic acids is 3. The van der Waals surface area contributed by atoms with Crippen molar-refractivity contribution in [1.29, 1.82) is 0 Å². The molecule has 2 aliphatic heterocycles. The van der Waals surface area contributed by atoms with E-state index in [0.29, 0.717) is 31.5 Å². The van der Waals surface area contributed by atoms with E-state index in [9.17, 15) is 22.8 Å². The highest BCUT2D eigenvalue weighted by atomic mass is 32.2. The maximum Gasteiger partial charge on any atom is 0.328 e. The first-order valence-electron chi connectivity index (χ1n) is 11.1. The highest BCUT2D eigenvalue weighted by Crippen LogP contribution is 2.39. The van der Waals surface area contributed by atoms with Gasteiger partial charge in [-0.15, -0.1) is 0 Å². The van der Waals surface area contributed by atoms with Crippen molar-refractivity contribution in [3.63, 3.8) is 0 Å². The molecule has 2 saturated heterocycles. The average Bonchev–Trinajstić information content (AvgIpc) is 2.96. The Morgan fingerprint density at radius 1 is 0.969 bits per heavy atom. The number of amides is 3. The Morgan fingerprint density at radius 3 is 2.12 bits per heavy atom. The lowest BCUT2D eigenvalue weighted by molar-refractivity contribution is -0.136. The van der Waals surface area contributed by atoms with Crippen molar-refractivity contribution in [2.75, 3.05) is 39.9 Å². The molecule has 1 aliphatic carbocycles. The lowest BCUT2D eigenvalue weighted by Crippen LogP contribution is -2.53. The first-order valence-corrected chi connectivity index (χ1v) is 12.5. The molecule has 3 aliphatic rings. The predicted octanol–water partition coefficient (Wildman–Crippen LogP) is 1.75. The third-order valence-electron chi connectivity index (χ3n) is 7.06. The molecule has 1 saturated carbocycles. The largest absolute Gasteiger partial charge is 0.328 e. The van der Waals surface area contributed by atoms with Gasteiger partial charge in [-0.25, -0.2) is 18.1 Å². The van der Waals surface area contributed by atoms with Gasteiger partial charge in [0.25, 0.3) is 5.91 Å². The van der Waals surface area contributed by atoms with E-state index in [1.165, 1.54) is 40.4 Å². The molecule has 1 aromatic carbocycles. The number of sulfonamides is 1. The van der Waals surface area contributed by atoms with E-state index in [2.05, 4.69) is 0 Å². The molecule has 174 valence electrons. The number of carbonyl (C=O) groups is 3. The Balaban J connectivity index is 1.39. The van der Waals surface area contributed by atoms with E-state index in [4.69, 9.17) is 0 Å². The Kier molecular flexibility index (Phi) is 6.12. The number of likely N-dealkylation sites (N-methyl/N-ethyl adjacent to an activating group) is 1. The summed E-state index contributed by atoms with van der Waals surface area (Å²) in [5.41, 5.74) is -0.235. The van der Waals surface area contributed by atoms with Crippen LogP contribution in [0, 0.1) is 0 Å². The number of Topliss-reactive ketones (excluding diaryl/α,β-unsaturated/α-hetero) is 1. The summed E-state index contributed by atoms with van der Waals surface area (Å²) in [6.45, 7) is 3.02. The average molecular weight is 463 g/mol. The summed E-state index contributed by atoms with van der Waals surface area (Å²) in [5, 5.41) is 0. The Bertz CT molecular complexity index is 1010. The minimum Gasteiger partial charge on any atom is -0.313 e. The van der Waals surface area contributed by atoms with Crippen LogP contribution >= 0.6 is 0 Å². The maximum atomic E-state index is 13.2. The van der Waals surface area contributed by atoms with Crippen molar-refractivity contribution in [3.8, 4) is 0 Å². The molecule has 1 aromatic rings. The standard InChI is InChI=1S/C22H30N4O5S/c1-17(27)18-6-8-19(9-7-18)32(30,31)25-14-12-24(13-15-25)16-26-20(28)22(23(2)21(26)29)10-4-3-5-11-22/h6-9H,3-5,10-16H2,1-2H3. The van der Waals surface area contributed by atoms with Crippen LogP contribution in [0.3, 0.4) is 0 Å². The van der Waals surface area contributed by atoms with E-state index < -0.39 is 15.6 Å². The molecule has 0 atom stereocenters. The first kappa shape index (κ1) is 22.9. The van der Waals surface area contributed by atoms with Gasteiger partial charge >= 0.3 is 6.03 Å². The van der Waals surface area contributed by atoms with Gasteiger partial charge in [0.05, 0.1) is 11.6 Å². The van der Waals surface area contributed by atoms with Crippen LogP contribution in [0.5, 0.6) is 0 Å². The quantitative estimate of drug-likeness (QED) is 0.488. The highest BCUT2D eigenvalue weighted by Gasteiger charge is 2.55. The zero-order chi connectivity index (χ0) is 23.1. The summed E-state index contributed by atoms with van der Waals surface area (Å²) in [6.07, 6.45) is 4.39. The molecule has 3 fully saturated rings. The van der Waals surface area contributed by atoms with Gasteiger partial charge in [-0.05, 0) is 31.9 Å². The molecular formula is C22H30N4O5S. The second kappa shape index (κ2) is 8.57. The minimum atomic E-state index is -3.67. The molecule has 1 spiro atoms. The number of ketones is 1. The van der Waals surface area contributed by atoms with Crippen molar-refractivity contribution in [2.24, 2.45) is 0 Å². The van der Waals surface area contributed by atoms with Crippen molar-refractivity contribution in [3.05, 3.63) is 29.8 Å². The van der Waals surface area contributed by atoms with E-state index in [1.807, 2.05) is 4.90 Å². The third-order valence-corrected chi connectivity index (χ3v) is 8.97. The summed E-state index contributed by atoms with van der Waals surface area (Å²) >= 11 is 0. The van der Waals surface area contributed by atoms with Crippen molar-refractivity contribution >= 4 is 27.7 Å². The second-order valence-electron chi connectivity index (χ2n) is 8.91. The van der Waals surface area contributed by atoms with Gasteiger partial charge in [0.15, 0.2) is 5.78 Å². The zero-order valence-electron chi connectivity index (χ0n) is 18.6. The maximum absolute atomic E-state index is 13.2. The smallest absolute Gasteiger partial charge is 0.313 e. The van der Waals surface area contributed by atoms with Gasteiger partial charge in [-0.3, -0.25) is 14.5 Å². The van der Waals surface area contributed by atoms with E-state index >= 15 is 0 Å².